The third-order valence-corrected chi connectivity index (χ3v) is 3.56. The zero-order chi connectivity index (χ0) is 11.2. The Morgan fingerprint density at radius 3 is 2.62 bits per heavy atom. The van der Waals surface area contributed by atoms with Crippen LogP contribution in [-0.2, 0) is 9.53 Å². The second-order valence-electron chi connectivity index (χ2n) is 4.73. The molecule has 1 N–H and O–H groups in total. The zero-order valence-electron chi connectivity index (χ0n) is 9.91. The van der Waals surface area contributed by atoms with Crippen LogP contribution in [0.25, 0.3) is 0 Å². The topological polar surface area (TPSA) is 41.6 Å². The van der Waals surface area contributed by atoms with E-state index in [0.29, 0.717) is 5.92 Å². The van der Waals surface area contributed by atoms with E-state index in [1.165, 1.54) is 12.8 Å². The van der Waals surface area contributed by atoms with Gasteiger partial charge in [-0.25, -0.2) is 0 Å². The number of amides is 1. The summed E-state index contributed by atoms with van der Waals surface area (Å²) >= 11 is 0. The highest BCUT2D eigenvalue weighted by Gasteiger charge is 2.22. The van der Waals surface area contributed by atoms with Crippen molar-refractivity contribution < 1.29 is 9.53 Å². The van der Waals surface area contributed by atoms with Crippen molar-refractivity contribution in [2.75, 3.05) is 39.4 Å². The molecule has 0 aromatic rings. The standard InChI is InChI=1S/C12H22N2O2/c15-12(11-3-1-2-4-11)13-5-6-14-7-9-16-10-8-14/h11H,1-10H2,(H,13,15). The van der Waals surface area contributed by atoms with E-state index < -0.39 is 0 Å². The maximum atomic E-state index is 11.7. The van der Waals surface area contributed by atoms with E-state index >= 15 is 0 Å². The van der Waals surface area contributed by atoms with Crippen molar-refractivity contribution in [1.29, 1.82) is 0 Å². The van der Waals surface area contributed by atoms with Crippen LogP contribution in [0.1, 0.15) is 25.7 Å². The van der Waals surface area contributed by atoms with Crippen molar-refractivity contribution in [3.63, 3.8) is 0 Å². The van der Waals surface area contributed by atoms with E-state index in [1.807, 2.05) is 0 Å². The van der Waals surface area contributed by atoms with Crippen LogP contribution in [0.3, 0.4) is 0 Å². The van der Waals surface area contributed by atoms with E-state index in [4.69, 9.17) is 4.74 Å². The fraction of sp³-hybridized carbons (Fsp3) is 0.917. The molecule has 2 fully saturated rings. The lowest BCUT2D eigenvalue weighted by atomic mass is 10.1. The molecule has 1 saturated heterocycles. The van der Waals surface area contributed by atoms with Crippen molar-refractivity contribution in [2.45, 2.75) is 25.7 Å². The highest BCUT2D eigenvalue weighted by molar-refractivity contribution is 5.78. The number of morpholine rings is 1. The lowest BCUT2D eigenvalue weighted by Gasteiger charge is -2.26. The molecule has 2 rings (SSSR count). The predicted molar refractivity (Wildman–Crippen MR) is 62.2 cm³/mol. The van der Waals surface area contributed by atoms with Gasteiger partial charge in [-0.2, -0.15) is 0 Å². The fourth-order valence-corrected chi connectivity index (χ4v) is 2.49. The van der Waals surface area contributed by atoms with E-state index in [9.17, 15) is 4.79 Å². The van der Waals surface area contributed by atoms with Gasteiger partial charge in [0, 0.05) is 32.1 Å². The Morgan fingerprint density at radius 2 is 1.94 bits per heavy atom. The highest BCUT2D eigenvalue weighted by Crippen LogP contribution is 2.24. The van der Waals surface area contributed by atoms with Crippen LogP contribution in [0.5, 0.6) is 0 Å². The van der Waals surface area contributed by atoms with Crippen LogP contribution < -0.4 is 5.32 Å². The third kappa shape index (κ3) is 3.46. The Labute approximate surface area is 97.3 Å². The highest BCUT2D eigenvalue weighted by atomic mass is 16.5. The summed E-state index contributed by atoms with van der Waals surface area (Å²) in [6.07, 6.45) is 4.62. The van der Waals surface area contributed by atoms with Gasteiger partial charge in [0.2, 0.25) is 5.91 Å². The number of rotatable bonds is 4. The Morgan fingerprint density at radius 1 is 1.25 bits per heavy atom. The third-order valence-electron chi connectivity index (χ3n) is 3.56. The average Bonchev–Trinajstić information content (AvgIpc) is 2.84. The summed E-state index contributed by atoms with van der Waals surface area (Å²) in [5.74, 6) is 0.565. The van der Waals surface area contributed by atoms with Crippen molar-refractivity contribution in [3.8, 4) is 0 Å². The molecule has 1 aliphatic heterocycles. The molecular formula is C12H22N2O2. The molecule has 0 radical (unpaired) electrons. The van der Waals surface area contributed by atoms with Gasteiger partial charge in [0.25, 0.3) is 0 Å². The van der Waals surface area contributed by atoms with Crippen molar-refractivity contribution >= 4 is 5.91 Å². The maximum absolute atomic E-state index is 11.7. The molecule has 0 unspecified atom stereocenters. The van der Waals surface area contributed by atoms with Crippen LogP contribution in [0.15, 0.2) is 0 Å². The Bertz CT molecular complexity index is 221. The number of carbonyl (C=O) groups is 1. The van der Waals surface area contributed by atoms with Crippen LogP contribution in [-0.4, -0.2) is 50.2 Å². The van der Waals surface area contributed by atoms with Gasteiger partial charge in [-0.3, -0.25) is 9.69 Å². The molecule has 0 aromatic heterocycles. The number of hydrogen-bond acceptors (Lipinski definition) is 3. The van der Waals surface area contributed by atoms with Crippen molar-refractivity contribution in [2.24, 2.45) is 5.92 Å². The minimum absolute atomic E-state index is 0.269. The predicted octanol–water partition coefficient (Wildman–Crippen LogP) is 0.625. The smallest absolute Gasteiger partial charge is 0.223 e. The van der Waals surface area contributed by atoms with Crippen LogP contribution in [0.4, 0.5) is 0 Å². The van der Waals surface area contributed by atoms with Gasteiger partial charge in [-0.15, -0.1) is 0 Å². The summed E-state index contributed by atoms with van der Waals surface area (Å²) in [7, 11) is 0. The SMILES string of the molecule is O=C(NCCN1CCOCC1)C1CCCC1. The minimum Gasteiger partial charge on any atom is -0.379 e. The summed E-state index contributed by atoms with van der Waals surface area (Å²) in [6.45, 7) is 5.41. The summed E-state index contributed by atoms with van der Waals surface area (Å²) in [5, 5.41) is 3.05. The molecule has 1 saturated carbocycles. The molecular weight excluding hydrogens is 204 g/mol. The van der Waals surface area contributed by atoms with Gasteiger partial charge in [0.05, 0.1) is 13.2 Å². The molecule has 0 aromatic carbocycles. The molecule has 1 aliphatic carbocycles. The Balaban J connectivity index is 1.57. The summed E-state index contributed by atoms with van der Waals surface area (Å²) in [6, 6.07) is 0. The van der Waals surface area contributed by atoms with E-state index in [-0.39, 0.29) is 5.91 Å². The van der Waals surface area contributed by atoms with Gasteiger partial charge >= 0.3 is 0 Å². The molecule has 4 nitrogen and oxygen atoms in total. The van der Waals surface area contributed by atoms with Gasteiger partial charge in [-0.05, 0) is 12.8 Å². The first-order valence-electron chi connectivity index (χ1n) is 6.44. The first-order chi connectivity index (χ1) is 7.86. The molecule has 0 bridgehead atoms. The molecule has 4 heteroatoms. The Kier molecular flexibility index (Phi) is 4.60. The molecule has 1 amide bonds. The number of carbonyl (C=O) groups excluding carboxylic acids is 1. The molecule has 0 atom stereocenters. The van der Waals surface area contributed by atoms with Gasteiger partial charge in [0.1, 0.15) is 0 Å². The quantitative estimate of drug-likeness (QED) is 0.764. The monoisotopic (exact) mass is 226 g/mol. The van der Waals surface area contributed by atoms with Crippen LogP contribution >= 0.6 is 0 Å². The number of hydrogen-bond donors (Lipinski definition) is 1. The largest absolute Gasteiger partial charge is 0.379 e. The molecule has 92 valence electrons. The molecule has 2 aliphatic rings. The second-order valence-corrected chi connectivity index (χ2v) is 4.73. The van der Waals surface area contributed by atoms with Crippen LogP contribution in [0.2, 0.25) is 0 Å². The average molecular weight is 226 g/mol. The second kappa shape index (κ2) is 6.21. The van der Waals surface area contributed by atoms with Gasteiger partial charge in [0.15, 0.2) is 0 Å². The zero-order valence-corrected chi connectivity index (χ0v) is 9.91. The van der Waals surface area contributed by atoms with E-state index in [1.54, 1.807) is 0 Å². The number of nitrogens with zero attached hydrogens (tertiary/aromatic N) is 1. The van der Waals surface area contributed by atoms with Gasteiger partial charge < -0.3 is 10.1 Å². The number of ether oxygens (including phenoxy) is 1. The lowest BCUT2D eigenvalue weighted by Crippen LogP contribution is -2.42. The maximum Gasteiger partial charge on any atom is 0.223 e. The fourth-order valence-electron chi connectivity index (χ4n) is 2.49. The van der Waals surface area contributed by atoms with E-state index in [2.05, 4.69) is 10.2 Å². The summed E-state index contributed by atoms with van der Waals surface area (Å²) in [4.78, 5) is 14.1. The summed E-state index contributed by atoms with van der Waals surface area (Å²) < 4.78 is 5.28. The number of nitrogens with one attached hydrogen (secondary N) is 1. The van der Waals surface area contributed by atoms with Crippen molar-refractivity contribution in [1.82, 2.24) is 10.2 Å². The molecule has 16 heavy (non-hydrogen) atoms. The first-order valence-corrected chi connectivity index (χ1v) is 6.44. The Hall–Kier alpha value is -0.610. The summed E-state index contributed by atoms with van der Waals surface area (Å²) in [5.41, 5.74) is 0. The van der Waals surface area contributed by atoms with Crippen LogP contribution in [0, 0.1) is 5.92 Å². The first kappa shape index (κ1) is 11.9. The normalized spacial score (nSPS) is 23.5. The minimum atomic E-state index is 0.269. The molecule has 0 spiro atoms. The van der Waals surface area contributed by atoms with Gasteiger partial charge in [-0.1, -0.05) is 12.8 Å². The van der Waals surface area contributed by atoms with Crippen molar-refractivity contribution in [3.05, 3.63) is 0 Å². The molecule has 1 heterocycles. The van der Waals surface area contributed by atoms with E-state index in [0.717, 1.165) is 52.2 Å². The lowest BCUT2D eigenvalue weighted by molar-refractivity contribution is -0.124.